The minimum atomic E-state index is -0.0701. The fourth-order valence-electron chi connectivity index (χ4n) is 3.80. The Morgan fingerprint density at radius 2 is 1.89 bits per heavy atom. The molecule has 0 spiro atoms. The minimum Gasteiger partial charge on any atom is -0.277 e. The second kappa shape index (κ2) is 5.84. The predicted octanol–water partition coefficient (Wildman–Crippen LogP) is 4.13. The number of piperidine rings is 1. The number of fused-ring (bicyclic) bond motifs is 2. The number of carbonyl (C=O) groups is 2. The van der Waals surface area contributed by atoms with Gasteiger partial charge in [-0.05, 0) is 49.6 Å². The van der Waals surface area contributed by atoms with Gasteiger partial charge >= 0.3 is 0 Å². The van der Waals surface area contributed by atoms with Gasteiger partial charge in [-0.15, -0.1) is 11.3 Å². The van der Waals surface area contributed by atoms with Gasteiger partial charge < -0.3 is 0 Å². The molecule has 3 aromatic rings. The highest BCUT2D eigenvalue weighted by Gasteiger charge is 2.58. The number of nitrogens with zero attached hydrogens (tertiary/aromatic N) is 3. The molecular formula is C20H16ClN3O2S. The lowest BCUT2D eigenvalue weighted by Gasteiger charge is -2.14. The fraction of sp³-hybridized carbons (Fsp3) is 0.300. The van der Waals surface area contributed by atoms with Crippen molar-refractivity contribution in [3.05, 3.63) is 45.6 Å². The summed E-state index contributed by atoms with van der Waals surface area (Å²) >= 11 is 7.80. The molecule has 2 aromatic heterocycles. The number of aromatic nitrogens is 2. The van der Waals surface area contributed by atoms with Crippen LogP contribution in [0, 0.1) is 25.7 Å². The van der Waals surface area contributed by atoms with Crippen molar-refractivity contribution >= 4 is 45.0 Å². The Kier molecular flexibility index (Phi) is 3.64. The molecule has 27 heavy (non-hydrogen) atoms. The van der Waals surface area contributed by atoms with E-state index in [9.17, 15) is 9.59 Å². The highest BCUT2D eigenvalue weighted by Crippen LogP contribution is 2.47. The van der Waals surface area contributed by atoms with Crippen LogP contribution >= 0.6 is 22.9 Å². The van der Waals surface area contributed by atoms with E-state index in [0.717, 1.165) is 43.9 Å². The number of hydrogen-bond donors (Lipinski definition) is 0. The standard InChI is InChI=1S/C20H16ClN3O2S/c1-9-3-11(21)4-13(10(9)2)17-18-16(22-8-23-17)5-12(27-18)7-24-19(25)14-6-15(14)20(24)26/h3-5,8,14-15H,6-7H2,1-2H3. The van der Waals surface area contributed by atoms with Crippen LogP contribution in [0.1, 0.15) is 22.4 Å². The number of likely N-dealkylation sites (tertiary alicyclic amines) is 1. The van der Waals surface area contributed by atoms with Crippen molar-refractivity contribution in [1.29, 1.82) is 0 Å². The second-order valence-electron chi connectivity index (χ2n) is 7.26. The van der Waals surface area contributed by atoms with Crippen LogP contribution in [0.2, 0.25) is 5.02 Å². The van der Waals surface area contributed by atoms with Gasteiger partial charge in [-0.3, -0.25) is 14.5 Å². The first-order valence-electron chi connectivity index (χ1n) is 8.80. The van der Waals surface area contributed by atoms with E-state index in [-0.39, 0.29) is 23.7 Å². The predicted molar refractivity (Wildman–Crippen MR) is 104 cm³/mol. The number of halogens is 1. The number of benzene rings is 1. The normalized spacial score (nSPS) is 21.2. The molecule has 0 N–H and O–H groups in total. The van der Waals surface area contributed by atoms with Gasteiger partial charge in [0, 0.05) is 15.5 Å². The summed E-state index contributed by atoms with van der Waals surface area (Å²) in [5, 5.41) is 0.670. The van der Waals surface area contributed by atoms with Crippen LogP contribution < -0.4 is 0 Å². The van der Waals surface area contributed by atoms with E-state index in [1.54, 1.807) is 6.33 Å². The van der Waals surface area contributed by atoms with E-state index in [1.807, 2.05) is 25.1 Å². The number of amides is 2. The monoisotopic (exact) mass is 397 g/mol. The molecule has 2 unspecified atom stereocenters. The van der Waals surface area contributed by atoms with Crippen molar-refractivity contribution in [3.8, 4) is 11.3 Å². The zero-order valence-electron chi connectivity index (χ0n) is 14.8. The maximum Gasteiger partial charge on any atom is 0.233 e. The lowest BCUT2D eigenvalue weighted by atomic mass is 10.0. The molecular weight excluding hydrogens is 382 g/mol. The molecule has 7 heteroatoms. The first kappa shape index (κ1) is 16.8. The molecule has 2 atom stereocenters. The summed E-state index contributed by atoms with van der Waals surface area (Å²) in [4.78, 5) is 35.7. The van der Waals surface area contributed by atoms with E-state index in [2.05, 4.69) is 16.9 Å². The smallest absolute Gasteiger partial charge is 0.233 e. The average molecular weight is 398 g/mol. The van der Waals surface area contributed by atoms with Gasteiger partial charge in [0.2, 0.25) is 11.8 Å². The zero-order chi connectivity index (χ0) is 18.9. The van der Waals surface area contributed by atoms with Gasteiger partial charge in [0.25, 0.3) is 0 Å². The number of imide groups is 1. The van der Waals surface area contributed by atoms with Crippen molar-refractivity contribution in [2.24, 2.45) is 11.8 Å². The Bertz CT molecular complexity index is 1120. The van der Waals surface area contributed by atoms with Gasteiger partial charge in [0.1, 0.15) is 6.33 Å². The summed E-state index contributed by atoms with van der Waals surface area (Å²) in [7, 11) is 0. The summed E-state index contributed by atoms with van der Waals surface area (Å²) in [6.07, 6.45) is 2.27. The fourth-order valence-corrected chi connectivity index (χ4v) is 5.17. The van der Waals surface area contributed by atoms with Crippen molar-refractivity contribution < 1.29 is 9.59 Å². The molecule has 136 valence electrons. The first-order valence-corrected chi connectivity index (χ1v) is 9.99. The van der Waals surface area contributed by atoms with E-state index in [1.165, 1.54) is 16.2 Å². The molecule has 0 bridgehead atoms. The van der Waals surface area contributed by atoms with Crippen LogP contribution in [0.4, 0.5) is 0 Å². The third-order valence-corrected chi connectivity index (χ3v) is 6.85. The SMILES string of the molecule is Cc1cc(Cl)cc(-c2ncnc3cc(CN4C(=O)C5CC5C4=O)sc23)c1C. The van der Waals surface area contributed by atoms with Crippen LogP contribution in [0.3, 0.4) is 0 Å². The average Bonchev–Trinajstić information content (AvgIpc) is 3.27. The van der Waals surface area contributed by atoms with Crippen LogP contribution in [0.5, 0.6) is 0 Å². The van der Waals surface area contributed by atoms with Crippen LogP contribution in [0.15, 0.2) is 24.5 Å². The molecule has 1 saturated carbocycles. The van der Waals surface area contributed by atoms with Crippen molar-refractivity contribution in [3.63, 3.8) is 0 Å². The van der Waals surface area contributed by atoms with Crippen LogP contribution in [-0.2, 0) is 16.1 Å². The maximum absolute atomic E-state index is 12.3. The van der Waals surface area contributed by atoms with Crippen molar-refractivity contribution in [2.45, 2.75) is 26.8 Å². The third-order valence-electron chi connectivity index (χ3n) is 5.52. The summed E-state index contributed by atoms with van der Waals surface area (Å²) < 4.78 is 0.946. The Morgan fingerprint density at radius 3 is 2.63 bits per heavy atom. The molecule has 5 rings (SSSR count). The second-order valence-corrected chi connectivity index (χ2v) is 8.83. The van der Waals surface area contributed by atoms with Crippen LogP contribution in [0.25, 0.3) is 21.5 Å². The lowest BCUT2D eigenvalue weighted by Crippen LogP contribution is -2.31. The molecule has 3 heterocycles. The molecule has 1 aliphatic carbocycles. The summed E-state index contributed by atoms with van der Waals surface area (Å²) in [5.41, 5.74) is 4.87. The van der Waals surface area contributed by atoms with E-state index in [4.69, 9.17) is 11.6 Å². The molecule has 2 aliphatic rings. The highest BCUT2D eigenvalue weighted by atomic mass is 35.5. The topological polar surface area (TPSA) is 63.2 Å². The molecule has 5 nitrogen and oxygen atoms in total. The lowest BCUT2D eigenvalue weighted by molar-refractivity contribution is -0.141. The van der Waals surface area contributed by atoms with Gasteiger partial charge in [-0.1, -0.05) is 11.6 Å². The Balaban J connectivity index is 1.57. The van der Waals surface area contributed by atoms with Gasteiger partial charge in [-0.2, -0.15) is 0 Å². The molecule has 1 saturated heterocycles. The van der Waals surface area contributed by atoms with Crippen molar-refractivity contribution in [1.82, 2.24) is 14.9 Å². The largest absolute Gasteiger partial charge is 0.277 e. The molecule has 1 aliphatic heterocycles. The number of thiophene rings is 1. The van der Waals surface area contributed by atoms with Gasteiger partial charge in [-0.25, -0.2) is 9.97 Å². The summed E-state index contributed by atoms with van der Waals surface area (Å²) in [6, 6.07) is 5.81. The molecule has 2 amide bonds. The number of carbonyl (C=O) groups excluding carboxylic acids is 2. The number of aryl methyl sites for hydroxylation is 1. The summed E-state index contributed by atoms with van der Waals surface area (Å²) in [5.74, 6) is -0.205. The minimum absolute atomic E-state index is 0.0323. The van der Waals surface area contributed by atoms with Crippen molar-refractivity contribution in [2.75, 3.05) is 0 Å². The Morgan fingerprint density at radius 1 is 1.15 bits per heavy atom. The summed E-state index contributed by atoms with van der Waals surface area (Å²) in [6.45, 7) is 4.40. The number of rotatable bonds is 3. The first-order chi connectivity index (χ1) is 12.9. The quantitative estimate of drug-likeness (QED) is 0.623. The Hall–Kier alpha value is -2.31. The van der Waals surface area contributed by atoms with Gasteiger partial charge in [0.05, 0.1) is 34.3 Å². The van der Waals surface area contributed by atoms with E-state index < -0.39 is 0 Å². The molecule has 2 fully saturated rings. The number of hydrogen-bond acceptors (Lipinski definition) is 5. The maximum atomic E-state index is 12.3. The Labute approximate surface area is 165 Å². The third kappa shape index (κ3) is 2.58. The zero-order valence-corrected chi connectivity index (χ0v) is 16.4. The van der Waals surface area contributed by atoms with E-state index in [0.29, 0.717) is 11.6 Å². The van der Waals surface area contributed by atoms with Crippen LogP contribution in [-0.4, -0.2) is 26.7 Å². The van der Waals surface area contributed by atoms with Gasteiger partial charge in [0.15, 0.2) is 0 Å². The molecule has 0 radical (unpaired) electrons. The highest BCUT2D eigenvalue weighted by molar-refractivity contribution is 7.19. The van der Waals surface area contributed by atoms with E-state index >= 15 is 0 Å². The molecule has 1 aromatic carbocycles.